The van der Waals surface area contributed by atoms with Gasteiger partial charge in [-0.2, -0.15) is 0 Å². The third kappa shape index (κ3) is 5.87. The third-order valence-electron chi connectivity index (χ3n) is 4.23. The lowest BCUT2D eigenvalue weighted by Crippen LogP contribution is -2.31. The fourth-order valence-electron chi connectivity index (χ4n) is 2.77. The van der Waals surface area contributed by atoms with Gasteiger partial charge in [0.1, 0.15) is 18.2 Å². The topological polar surface area (TPSA) is 29.5 Å². The lowest BCUT2D eigenvalue weighted by atomic mass is 10.1. The number of benzene rings is 3. The summed E-state index contributed by atoms with van der Waals surface area (Å²) in [6, 6.07) is 27.8. The van der Waals surface area contributed by atoms with Gasteiger partial charge in [0.2, 0.25) is 5.91 Å². The van der Waals surface area contributed by atoms with Gasteiger partial charge in [-0.15, -0.1) is 11.6 Å². The van der Waals surface area contributed by atoms with Crippen molar-refractivity contribution in [2.24, 2.45) is 0 Å². The van der Waals surface area contributed by atoms with Gasteiger partial charge in [0.15, 0.2) is 0 Å². The van der Waals surface area contributed by atoms with Gasteiger partial charge in [-0.05, 0) is 28.8 Å². The van der Waals surface area contributed by atoms with Gasteiger partial charge in [-0.3, -0.25) is 4.79 Å². The van der Waals surface area contributed by atoms with E-state index in [0.29, 0.717) is 19.7 Å². The molecule has 0 aliphatic heterocycles. The van der Waals surface area contributed by atoms with E-state index in [-0.39, 0.29) is 11.8 Å². The summed E-state index contributed by atoms with van der Waals surface area (Å²) in [5.41, 5.74) is 3.25. The van der Waals surface area contributed by atoms with E-state index in [0.717, 1.165) is 22.4 Å². The minimum atomic E-state index is -0.0788. The van der Waals surface area contributed by atoms with Crippen molar-refractivity contribution in [3.63, 3.8) is 0 Å². The molecule has 0 N–H and O–H groups in total. The first-order valence-corrected chi connectivity index (χ1v) is 9.41. The van der Waals surface area contributed by atoms with Crippen LogP contribution in [-0.4, -0.2) is 16.7 Å². The van der Waals surface area contributed by atoms with Gasteiger partial charge in [0.25, 0.3) is 0 Å². The van der Waals surface area contributed by atoms with Crippen LogP contribution >= 0.6 is 11.6 Å². The molecule has 27 heavy (non-hydrogen) atoms. The molecule has 3 nitrogen and oxygen atoms in total. The first-order valence-electron chi connectivity index (χ1n) is 8.88. The standard InChI is InChI=1S/C23H22ClNO2/c24-15-23(26)25(16-19-7-3-1-4-8-19)17-20-11-13-22(14-12-20)27-18-21-9-5-2-6-10-21/h1-14H,15-18H2. The molecule has 3 rings (SSSR count). The van der Waals surface area contributed by atoms with Crippen LogP contribution in [0.25, 0.3) is 0 Å². The molecule has 0 saturated carbocycles. The Morgan fingerprint density at radius 2 is 1.26 bits per heavy atom. The second-order valence-electron chi connectivity index (χ2n) is 6.29. The Morgan fingerprint density at radius 1 is 0.741 bits per heavy atom. The zero-order valence-corrected chi connectivity index (χ0v) is 15.8. The summed E-state index contributed by atoms with van der Waals surface area (Å²) in [6.07, 6.45) is 0. The molecular weight excluding hydrogens is 358 g/mol. The van der Waals surface area contributed by atoms with Crippen LogP contribution in [0, 0.1) is 0 Å². The molecule has 3 aromatic rings. The number of alkyl halides is 1. The number of ether oxygens (including phenoxy) is 1. The fraction of sp³-hybridized carbons (Fsp3) is 0.174. The van der Waals surface area contributed by atoms with Crippen molar-refractivity contribution in [1.82, 2.24) is 4.90 Å². The van der Waals surface area contributed by atoms with Crippen LogP contribution in [0.2, 0.25) is 0 Å². The number of nitrogens with zero attached hydrogens (tertiary/aromatic N) is 1. The van der Waals surface area contributed by atoms with E-state index >= 15 is 0 Å². The maximum atomic E-state index is 12.2. The van der Waals surface area contributed by atoms with Crippen LogP contribution in [-0.2, 0) is 24.5 Å². The largest absolute Gasteiger partial charge is 0.489 e. The molecule has 0 radical (unpaired) electrons. The highest BCUT2D eigenvalue weighted by molar-refractivity contribution is 6.27. The van der Waals surface area contributed by atoms with Crippen LogP contribution in [0.15, 0.2) is 84.9 Å². The second-order valence-corrected chi connectivity index (χ2v) is 6.55. The Kier molecular flexibility index (Phi) is 6.89. The predicted molar refractivity (Wildman–Crippen MR) is 109 cm³/mol. The average Bonchev–Trinajstić information content (AvgIpc) is 2.73. The summed E-state index contributed by atoms with van der Waals surface area (Å²) in [5, 5.41) is 0. The van der Waals surface area contributed by atoms with Crippen LogP contribution < -0.4 is 4.74 Å². The summed E-state index contributed by atoms with van der Waals surface area (Å²) < 4.78 is 5.81. The Morgan fingerprint density at radius 3 is 1.81 bits per heavy atom. The summed E-state index contributed by atoms with van der Waals surface area (Å²) in [7, 11) is 0. The van der Waals surface area contributed by atoms with Gasteiger partial charge in [0.05, 0.1) is 0 Å². The molecule has 0 aliphatic carbocycles. The molecule has 0 spiro atoms. The van der Waals surface area contributed by atoms with Gasteiger partial charge in [0, 0.05) is 13.1 Å². The van der Waals surface area contributed by atoms with Crippen LogP contribution in [0.4, 0.5) is 0 Å². The number of hydrogen-bond acceptors (Lipinski definition) is 2. The molecule has 0 aromatic heterocycles. The fourth-order valence-corrected chi connectivity index (χ4v) is 2.94. The molecule has 0 saturated heterocycles. The second kappa shape index (κ2) is 9.79. The highest BCUT2D eigenvalue weighted by atomic mass is 35.5. The molecule has 138 valence electrons. The van der Waals surface area contributed by atoms with E-state index < -0.39 is 0 Å². The Hall–Kier alpha value is -2.78. The van der Waals surface area contributed by atoms with E-state index in [2.05, 4.69) is 0 Å². The molecular formula is C23H22ClNO2. The molecule has 0 unspecified atom stereocenters. The van der Waals surface area contributed by atoms with Crippen molar-refractivity contribution in [1.29, 1.82) is 0 Å². The molecule has 0 atom stereocenters. The number of halogens is 1. The molecule has 1 amide bonds. The van der Waals surface area contributed by atoms with Gasteiger partial charge in [-0.25, -0.2) is 0 Å². The number of hydrogen-bond donors (Lipinski definition) is 0. The van der Waals surface area contributed by atoms with E-state index in [1.807, 2.05) is 84.9 Å². The van der Waals surface area contributed by atoms with Crippen LogP contribution in [0.3, 0.4) is 0 Å². The van der Waals surface area contributed by atoms with E-state index in [1.165, 1.54) is 0 Å². The van der Waals surface area contributed by atoms with Gasteiger partial charge >= 0.3 is 0 Å². The van der Waals surface area contributed by atoms with Crippen molar-refractivity contribution in [2.45, 2.75) is 19.7 Å². The summed E-state index contributed by atoms with van der Waals surface area (Å²) in [5.74, 6) is 0.705. The molecule has 0 heterocycles. The number of amides is 1. The Labute approximate surface area is 165 Å². The van der Waals surface area contributed by atoms with Crippen molar-refractivity contribution < 1.29 is 9.53 Å². The van der Waals surface area contributed by atoms with Crippen LogP contribution in [0.1, 0.15) is 16.7 Å². The lowest BCUT2D eigenvalue weighted by Gasteiger charge is -2.22. The first kappa shape index (κ1) is 19.0. The third-order valence-corrected chi connectivity index (χ3v) is 4.46. The van der Waals surface area contributed by atoms with Crippen LogP contribution in [0.5, 0.6) is 5.75 Å². The van der Waals surface area contributed by atoms with E-state index in [9.17, 15) is 4.79 Å². The Bertz CT molecular complexity index is 835. The van der Waals surface area contributed by atoms with Gasteiger partial charge in [-0.1, -0.05) is 72.8 Å². The SMILES string of the molecule is O=C(CCl)N(Cc1ccccc1)Cc1ccc(OCc2ccccc2)cc1. The molecule has 0 bridgehead atoms. The zero-order valence-electron chi connectivity index (χ0n) is 15.1. The van der Waals surface area contributed by atoms with Crippen molar-refractivity contribution in [3.8, 4) is 5.75 Å². The number of carbonyl (C=O) groups is 1. The summed E-state index contributed by atoms with van der Waals surface area (Å²) in [4.78, 5) is 14.0. The Balaban J connectivity index is 1.61. The van der Waals surface area contributed by atoms with Crippen molar-refractivity contribution >= 4 is 17.5 Å². The minimum Gasteiger partial charge on any atom is -0.489 e. The maximum absolute atomic E-state index is 12.2. The molecule has 0 fully saturated rings. The predicted octanol–water partition coefficient (Wildman–Crippen LogP) is 5.03. The smallest absolute Gasteiger partial charge is 0.238 e. The minimum absolute atomic E-state index is 0.0227. The molecule has 3 aromatic carbocycles. The van der Waals surface area contributed by atoms with Crippen molar-refractivity contribution in [3.05, 3.63) is 102 Å². The normalized spacial score (nSPS) is 10.4. The van der Waals surface area contributed by atoms with Crippen molar-refractivity contribution in [2.75, 3.05) is 5.88 Å². The van der Waals surface area contributed by atoms with Gasteiger partial charge < -0.3 is 9.64 Å². The highest BCUT2D eigenvalue weighted by Crippen LogP contribution is 2.17. The quantitative estimate of drug-likeness (QED) is 0.513. The van der Waals surface area contributed by atoms with E-state index in [1.54, 1.807) is 4.90 Å². The highest BCUT2D eigenvalue weighted by Gasteiger charge is 2.13. The average molecular weight is 380 g/mol. The first-order chi connectivity index (χ1) is 13.2. The number of carbonyl (C=O) groups excluding carboxylic acids is 1. The zero-order chi connectivity index (χ0) is 18.9. The summed E-state index contributed by atoms with van der Waals surface area (Å²) >= 11 is 5.79. The van der Waals surface area contributed by atoms with E-state index in [4.69, 9.17) is 16.3 Å². The molecule has 0 aliphatic rings. The summed E-state index contributed by atoms with van der Waals surface area (Å²) in [6.45, 7) is 1.59. The molecule has 4 heteroatoms. The maximum Gasteiger partial charge on any atom is 0.238 e. The monoisotopic (exact) mass is 379 g/mol. The number of rotatable bonds is 8. The lowest BCUT2D eigenvalue weighted by molar-refractivity contribution is -0.129.